The second kappa shape index (κ2) is 5.48. The first-order valence-electron chi connectivity index (χ1n) is 6.82. The van der Waals surface area contributed by atoms with Crippen LogP contribution in [0, 0.1) is 5.92 Å². The van der Waals surface area contributed by atoms with Crippen molar-refractivity contribution in [3.63, 3.8) is 0 Å². The van der Waals surface area contributed by atoms with E-state index in [0.717, 1.165) is 36.5 Å². The van der Waals surface area contributed by atoms with Gasteiger partial charge in [-0.2, -0.15) is 5.10 Å². The number of aromatic nitrogens is 4. The Balaban J connectivity index is 1.75. The van der Waals surface area contributed by atoms with Gasteiger partial charge in [-0.05, 0) is 38.3 Å². The van der Waals surface area contributed by atoms with Crippen LogP contribution in [0.1, 0.15) is 18.5 Å². The van der Waals surface area contributed by atoms with Gasteiger partial charge in [0.25, 0.3) is 0 Å². The molecule has 1 N–H and O–H groups in total. The van der Waals surface area contributed by atoms with Gasteiger partial charge in [0.1, 0.15) is 0 Å². The highest BCUT2D eigenvalue weighted by atomic mass is 15.2. The molecule has 1 aliphatic heterocycles. The quantitative estimate of drug-likeness (QED) is 0.903. The molecule has 0 saturated carbocycles. The van der Waals surface area contributed by atoms with Crippen molar-refractivity contribution >= 4 is 0 Å². The van der Waals surface area contributed by atoms with Gasteiger partial charge >= 0.3 is 0 Å². The molecule has 0 spiro atoms. The highest BCUT2D eigenvalue weighted by molar-refractivity contribution is 5.55. The smallest absolute Gasteiger partial charge is 0.0920 e. The van der Waals surface area contributed by atoms with E-state index in [4.69, 9.17) is 4.98 Å². The Morgan fingerprint density at radius 2 is 2.32 bits per heavy atom. The van der Waals surface area contributed by atoms with Crippen molar-refractivity contribution < 1.29 is 0 Å². The molecule has 1 atom stereocenters. The minimum Gasteiger partial charge on any atom is -0.316 e. The fourth-order valence-electron chi connectivity index (χ4n) is 2.59. The summed E-state index contributed by atoms with van der Waals surface area (Å²) in [6, 6.07) is 0. The zero-order valence-electron chi connectivity index (χ0n) is 11.2. The van der Waals surface area contributed by atoms with Gasteiger partial charge in [-0.3, -0.25) is 9.67 Å². The number of nitrogens with one attached hydrogen (secondary N) is 1. The number of rotatable bonds is 3. The van der Waals surface area contributed by atoms with Gasteiger partial charge in [-0.15, -0.1) is 0 Å². The van der Waals surface area contributed by atoms with E-state index in [2.05, 4.69) is 15.4 Å². The molecule has 2 aromatic rings. The molecule has 100 valence electrons. The monoisotopic (exact) mass is 257 g/mol. The van der Waals surface area contributed by atoms with E-state index in [1.807, 2.05) is 25.6 Å². The molecular formula is C14H19N5. The SMILES string of the molecule is Cn1cc(-c2cncc(CC3CCCNC3)n2)cn1. The van der Waals surface area contributed by atoms with E-state index in [0.29, 0.717) is 5.92 Å². The third-order valence-corrected chi connectivity index (χ3v) is 3.58. The second-order valence-electron chi connectivity index (χ2n) is 5.21. The molecule has 3 rings (SSSR count). The molecule has 19 heavy (non-hydrogen) atoms. The Kier molecular flexibility index (Phi) is 3.55. The predicted octanol–water partition coefficient (Wildman–Crippen LogP) is 1.42. The number of aryl methyl sites for hydroxylation is 1. The number of hydrogen-bond acceptors (Lipinski definition) is 4. The van der Waals surface area contributed by atoms with Crippen molar-refractivity contribution in [3.8, 4) is 11.3 Å². The Hall–Kier alpha value is -1.75. The number of piperidine rings is 1. The first kappa shape index (κ1) is 12.3. The van der Waals surface area contributed by atoms with Gasteiger partial charge in [0, 0.05) is 25.0 Å². The lowest BCUT2D eigenvalue weighted by atomic mass is 9.95. The summed E-state index contributed by atoms with van der Waals surface area (Å²) < 4.78 is 1.79. The molecular weight excluding hydrogens is 238 g/mol. The van der Waals surface area contributed by atoms with Gasteiger partial charge in [0.2, 0.25) is 0 Å². The van der Waals surface area contributed by atoms with E-state index in [1.165, 1.54) is 12.8 Å². The van der Waals surface area contributed by atoms with Crippen LogP contribution in [0.3, 0.4) is 0 Å². The van der Waals surface area contributed by atoms with Gasteiger partial charge in [0.05, 0.1) is 23.8 Å². The van der Waals surface area contributed by atoms with Crippen LogP contribution in [-0.4, -0.2) is 32.8 Å². The van der Waals surface area contributed by atoms with Crippen LogP contribution in [0.2, 0.25) is 0 Å². The molecule has 3 heterocycles. The van der Waals surface area contributed by atoms with Gasteiger partial charge in [-0.1, -0.05) is 0 Å². The average Bonchev–Trinajstić information content (AvgIpc) is 2.87. The Bertz CT molecular complexity index is 542. The van der Waals surface area contributed by atoms with E-state index in [-0.39, 0.29) is 0 Å². The maximum Gasteiger partial charge on any atom is 0.0920 e. The van der Waals surface area contributed by atoms with Gasteiger partial charge < -0.3 is 5.32 Å². The summed E-state index contributed by atoms with van der Waals surface area (Å²) in [7, 11) is 1.91. The third-order valence-electron chi connectivity index (χ3n) is 3.58. The Morgan fingerprint density at radius 3 is 3.05 bits per heavy atom. The zero-order valence-corrected chi connectivity index (χ0v) is 11.2. The van der Waals surface area contributed by atoms with Crippen LogP contribution < -0.4 is 5.32 Å². The highest BCUT2D eigenvalue weighted by Gasteiger charge is 2.14. The predicted molar refractivity (Wildman–Crippen MR) is 73.5 cm³/mol. The third kappa shape index (κ3) is 2.98. The Labute approximate surface area is 113 Å². The fourth-order valence-corrected chi connectivity index (χ4v) is 2.59. The summed E-state index contributed by atoms with van der Waals surface area (Å²) >= 11 is 0. The van der Waals surface area contributed by atoms with Crippen LogP contribution in [0.4, 0.5) is 0 Å². The fraction of sp³-hybridized carbons (Fsp3) is 0.500. The van der Waals surface area contributed by atoms with E-state index in [1.54, 1.807) is 10.9 Å². The van der Waals surface area contributed by atoms with Crippen LogP contribution >= 0.6 is 0 Å². The number of nitrogens with zero attached hydrogens (tertiary/aromatic N) is 4. The molecule has 0 amide bonds. The van der Waals surface area contributed by atoms with Crippen molar-refractivity contribution in [1.82, 2.24) is 25.1 Å². The van der Waals surface area contributed by atoms with Crippen molar-refractivity contribution in [2.45, 2.75) is 19.3 Å². The standard InChI is InChI=1S/C14H19N5/c1-19-10-12(7-17-19)14-9-16-8-13(18-14)5-11-3-2-4-15-6-11/h7-11,15H,2-6H2,1H3. The van der Waals surface area contributed by atoms with Crippen LogP contribution in [0.5, 0.6) is 0 Å². The zero-order chi connectivity index (χ0) is 13.1. The lowest BCUT2D eigenvalue weighted by molar-refractivity contribution is 0.373. The molecule has 2 aromatic heterocycles. The summed E-state index contributed by atoms with van der Waals surface area (Å²) in [5, 5.41) is 7.62. The first-order valence-corrected chi connectivity index (χ1v) is 6.82. The summed E-state index contributed by atoms with van der Waals surface area (Å²) in [4.78, 5) is 9.02. The number of hydrogen-bond donors (Lipinski definition) is 1. The highest BCUT2D eigenvalue weighted by Crippen LogP contribution is 2.18. The van der Waals surface area contributed by atoms with Crippen molar-refractivity contribution in [2.24, 2.45) is 13.0 Å². The maximum atomic E-state index is 4.71. The first-order chi connectivity index (χ1) is 9.31. The average molecular weight is 257 g/mol. The topological polar surface area (TPSA) is 55.6 Å². The van der Waals surface area contributed by atoms with Crippen molar-refractivity contribution in [3.05, 3.63) is 30.5 Å². The minimum absolute atomic E-state index is 0.687. The molecule has 0 aliphatic carbocycles. The molecule has 5 heteroatoms. The molecule has 1 unspecified atom stereocenters. The lowest BCUT2D eigenvalue weighted by Crippen LogP contribution is -2.31. The molecule has 1 fully saturated rings. The second-order valence-corrected chi connectivity index (χ2v) is 5.21. The van der Waals surface area contributed by atoms with Crippen LogP contribution in [-0.2, 0) is 13.5 Å². The van der Waals surface area contributed by atoms with Gasteiger partial charge in [-0.25, -0.2) is 4.98 Å². The molecule has 1 saturated heterocycles. The summed E-state index contributed by atoms with van der Waals surface area (Å²) in [6.45, 7) is 2.25. The molecule has 0 bridgehead atoms. The molecule has 5 nitrogen and oxygen atoms in total. The lowest BCUT2D eigenvalue weighted by Gasteiger charge is -2.22. The van der Waals surface area contributed by atoms with E-state index < -0.39 is 0 Å². The molecule has 0 aromatic carbocycles. The molecule has 0 radical (unpaired) electrons. The van der Waals surface area contributed by atoms with Crippen LogP contribution in [0.25, 0.3) is 11.3 Å². The summed E-state index contributed by atoms with van der Waals surface area (Å²) in [5.74, 6) is 0.687. The summed E-state index contributed by atoms with van der Waals surface area (Å²) in [5.41, 5.74) is 3.02. The maximum absolute atomic E-state index is 4.71. The van der Waals surface area contributed by atoms with Crippen LogP contribution in [0.15, 0.2) is 24.8 Å². The normalized spacial score (nSPS) is 19.5. The Morgan fingerprint density at radius 1 is 1.37 bits per heavy atom. The van der Waals surface area contributed by atoms with Crippen molar-refractivity contribution in [2.75, 3.05) is 13.1 Å². The summed E-state index contributed by atoms with van der Waals surface area (Å²) in [6.07, 6.45) is 11.0. The van der Waals surface area contributed by atoms with E-state index >= 15 is 0 Å². The molecule has 1 aliphatic rings. The minimum atomic E-state index is 0.687. The van der Waals surface area contributed by atoms with E-state index in [9.17, 15) is 0 Å². The van der Waals surface area contributed by atoms with Gasteiger partial charge in [0.15, 0.2) is 0 Å². The largest absolute Gasteiger partial charge is 0.316 e. The van der Waals surface area contributed by atoms with Crippen molar-refractivity contribution in [1.29, 1.82) is 0 Å².